The molecule has 1 nitrogen and oxygen atoms in total. The van der Waals surface area contributed by atoms with Gasteiger partial charge in [0.15, 0.2) is 0 Å². The molecule has 0 saturated heterocycles. The molecule has 1 aliphatic rings. The van der Waals surface area contributed by atoms with Crippen LogP contribution in [-0.2, 0) is 19.1 Å². The van der Waals surface area contributed by atoms with E-state index in [1.165, 1.54) is 0 Å². The summed E-state index contributed by atoms with van der Waals surface area (Å²) in [5, 5.41) is 2.20. The van der Waals surface area contributed by atoms with Crippen LogP contribution in [0, 0.1) is 0 Å². The molecule has 100 valence electrons. The number of nitrogens with one attached hydrogen (secondary N) is 1. The molecule has 1 aromatic carbocycles. The quantitative estimate of drug-likeness (QED) is 0.713. The molecule has 1 atom stereocenters. The van der Waals surface area contributed by atoms with Gasteiger partial charge in [0.25, 0.3) is 0 Å². The SMILES string of the molecule is FC(F)(F)c1ccc2c(c1)CNC(C(F)(F)F)C2. The van der Waals surface area contributed by atoms with Crippen LogP contribution < -0.4 is 5.32 Å². The fourth-order valence-electron chi connectivity index (χ4n) is 1.92. The van der Waals surface area contributed by atoms with Crippen LogP contribution in [0.4, 0.5) is 26.3 Å². The van der Waals surface area contributed by atoms with Gasteiger partial charge in [-0.3, -0.25) is 0 Å². The molecule has 1 unspecified atom stereocenters. The van der Waals surface area contributed by atoms with E-state index in [1.807, 2.05) is 0 Å². The average molecular weight is 269 g/mol. The second-order valence-corrected chi connectivity index (χ2v) is 4.16. The van der Waals surface area contributed by atoms with Crippen molar-refractivity contribution in [2.45, 2.75) is 31.4 Å². The van der Waals surface area contributed by atoms with Gasteiger partial charge in [0.05, 0.1) is 5.56 Å². The van der Waals surface area contributed by atoms with Crippen LogP contribution in [-0.4, -0.2) is 12.2 Å². The first-order valence-corrected chi connectivity index (χ1v) is 5.17. The summed E-state index contributed by atoms with van der Waals surface area (Å²) in [6, 6.07) is 1.14. The topological polar surface area (TPSA) is 12.0 Å². The number of fused-ring (bicyclic) bond motifs is 1. The summed E-state index contributed by atoms with van der Waals surface area (Å²) >= 11 is 0. The predicted octanol–water partition coefficient (Wildman–Crippen LogP) is 3.28. The van der Waals surface area contributed by atoms with E-state index in [1.54, 1.807) is 0 Å². The van der Waals surface area contributed by atoms with Crippen LogP contribution in [0.2, 0.25) is 0 Å². The summed E-state index contributed by atoms with van der Waals surface area (Å²) in [6.45, 7) is -0.205. The fraction of sp³-hybridized carbons (Fsp3) is 0.455. The second kappa shape index (κ2) is 4.15. The van der Waals surface area contributed by atoms with Crippen molar-refractivity contribution >= 4 is 0 Å². The van der Waals surface area contributed by atoms with E-state index in [0.29, 0.717) is 5.56 Å². The molecule has 2 rings (SSSR count). The lowest BCUT2D eigenvalue weighted by Crippen LogP contribution is -2.46. The highest BCUT2D eigenvalue weighted by molar-refractivity contribution is 5.35. The van der Waals surface area contributed by atoms with Crippen molar-refractivity contribution in [3.8, 4) is 0 Å². The highest BCUT2D eigenvalue weighted by atomic mass is 19.4. The molecule has 0 amide bonds. The Bertz CT molecular complexity index is 448. The van der Waals surface area contributed by atoms with E-state index in [0.717, 1.165) is 18.2 Å². The third kappa shape index (κ3) is 2.60. The first kappa shape index (κ1) is 13.2. The van der Waals surface area contributed by atoms with E-state index < -0.39 is 24.0 Å². The molecular formula is C11H9F6N. The second-order valence-electron chi connectivity index (χ2n) is 4.16. The van der Waals surface area contributed by atoms with Gasteiger partial charge in [0, 0.05) is 6.54 Å². The Morgan fingerprint density at radius 3 is 2.22 bits per heavy atom. The molecule has 0 aromatic heterocycles. The van der Waals surface area contributed by atoms with Crippen molar-refractivity contribution in [2.75, 3.05) is 0 Å². The van der Waals surface area contributed by atoms with Crippen molar-refractivity contribution in [1.82, 2.24) is 5.32 Å². The summed E-state index contributed by atoms with van der Waals surface area (Å²) < 4.78 is 74.7. The van der Waals surface area contributed by atoms with Gasteiger partial charge in [-0.2, -0.15) is 26.3 Å². The van der Waals surface area contributed by atoms with Gasteiger partial charge in [-0.1, -0.05) is 6.07 Å². The van der Waals surface area contributed by atoms with Crippen molar-refractivity contribution in [3.05, 3.63) is 34.9 Å². The lowest BCUT2D eigenvalue weighted by molar-refractivity contribution is -0.157. The summed E-state index contributed by atoms with van der Waals surface area (Å²) in [6.07, 6.45) is -9.20. The largest absolute Gasteiger partial charge is 0.416 e. The zero-order valence-corrected chi connectivity index (χ0v) is 8.99. The zero-order chi connectivity index (χ0) is 13.6. The van der Waals surface area contributed by atoms with Crippen LogP contribution in [0.1, 0.15) is 16.7 Å². The van der Waals surface area contributed by atoms with Gasteiger partial charge in [-0.25, -0.2) is 0 Å². The molecule has 0 saturated carbocycles. The van der Waals surface area contributed by atoms with Gasteiger partial charge < -0.3 is 5.32 Å². The van der Waals surface area contributed by atoms with Crippen molar-refractivity contribution in [2.24, 2.45) is 0 Å². The molecule has 1 heterocycles. The van der Waals surface area contributed by atoms with Gasteiger partial charge in [0.2, 0.25) is 0 Å². The molecule has 0 aliphatic carbocycles. The Hall–Kier alpha value is -1.24. The minimum atomic E-state index is -4.48. The van der Waals surface area contributed by atoms with Crippen LogP contribution >= 0.6 is 0 Å². The third-order valence-corrected chi connectivity index (χ3v) is 2.89. The van der Waals surface area contributed by atoms with E-state index in [2.05, 4.69) is 5.32 Å². The lowest BCUT2D eigenvalue weighted by Gasteiger charge is -2.28. The zero-order valence-electron chi connectivity index (χ0n) is 8.99. The number of halogens is 6. The highest BCUT2D eigenvalue weighted by Crippen LogP contribution is 2.33. The third-order valence-electron chi connectivity index (χ3n) is 2.89. The molecule has 7 heteroatoms. The summed E-state index contributed by atoms with van der Waals surface area (Å²) in [5.41, 5.74) is -0.261. The van der Waals surface area contributed by atoms with Crippen molar-refractivity contribution < 1.29 is 26.3 Å². The Kier molecular flexibility index (Phi) is 3.04. The Morgan fingerprint density at radius 1 is 1.00 bits per heavy atom. The summed E-state index contributed by atoms with van der Waals surface area (Å²) in [4.78, 5) is 0. The molecule has 1 aliphatic heterocycles. The van der Waals surface area contributed by atoms with Gasteiger partial charge >= 0.3 is 12.4 Å². The maximum atomic E-state index is 12.5. The molecule has 0 spiro atoms. The minimum absolute atomic E-state index is 0.205. The molecular weight excluding hydrogens is 260 g/mol. The van der Waals surface area contributed by atoms with Crippen molar-refractivity contribution in [3.63, 3.8) is 0 Å². The van der Waals surface area contributed by atoms with Gasteiger partial charge in [-0.15, -0.1) is 0 Å². The van der Waals surface area contributed by atoms with E-state index in [4.69, 9.17) is 0 Å². The summed E-state index contributed by atoms with van der Waals surface area (Å²) in [5.74, 6) is 0. The predicted molar refractivity (Wildman–Crippen MR) is 51.8 cm³/mol. The molecule has 0 radical (unpaired) electrons. The van der Waals surface area contributed by atoms with Crippen LogP contribution in [0.25, 0.3) is 0 Å². The Morgan fingerprint density at radius 2 is 1.67 bits per heavy atom. The Labute approximate surface area is 98.8 Å². The number of alkyl halides is 6. The van der Waals surface area contributed by atoms with Crippen LogP contribution in [0.3, 0.4) is 0 Å². The minimum Gasteiger partial charge on any atom is -0.302 e. The maximum Gasteiger partial charge on any atom is 0.416 e. The molecule has 18 heavy (non-hydrogen) atoms. The number of benzene rings is 1. The first-order chi connectivity index (χ1) is 8.18. The molecule has 1 aromatic rings. The number of rotatable bonds is 0. The fourth-order valence-corrected chi connectivity index (χ4v) is 1.92. The van der Waals surface area contributed by atoms with Gasteiger partial charge in [-0.05, 0) is 29.7 Å². The maximum absolute atomic E-state index is 12.5. The summed E-state index contributed by atoms with van der Waals surface area (Å²) in [7, 11) is 0. The Balaban J connectivity index is 2.27. The van der Waals surface area contributed by atoms with Crippen LogP contribution in [0.15, 0.2) is 18.2 Å². The normalized spacial score (nSPS) is 20.7. The van der Waals surface area contributed by atoms with E-state index >= 15 is 0 Å². The van der Waals surface area contributed by atoms with E-state index in [-0.39, 0.29) is 18.5 Å². The van der Waals surface area contributed by atoms with E-state index in [9.17, 15) is 26.3 Å². The van der Waals surface area contributed by atoms with Crippen molar-refractivity contribution in [1.29, 1.82) is 0 Å². The smallest absolute Gasteiger partial charge is 0.302 e. The average Bonchev–Trinajstić information content (AvgIpc) is 2.25. The van der Waals surface area contributed by atoms with Crippen LogP contribution in [0.5, 0.6) is 0 Å². The first-order valence-electron chi connectivity index (χ1n) is 5.17. The molecule has 1 N–H and O–H groups in total. The van der Waals surface area contributed by atoms with Gasteiger partial charge in [0.1, 0.15) is 6.04 Å². The highest BCUT2D eigenvalue weighted by Gasteiger charge is 2.41. The molecule has 0 fully saturated rings. The number of hydrogen-bond acceptors (Lipinski definition) is 1. The number of hydrogen-bond donors (Lipinski definition) is 1. The molecule has 0 bridgehead atoms. The lowest BCUT2D eigenvalue weighted by atomic mass is 9.94. The monoisotopic (exact) mass is 269 g/mol. The standard InChI is InChI=1S/C11H9F6N/c12-10(13,14)8-2-1-6-4-9(11(15,16)17)18-5-7(6)3-8/h1-3,9,18H,4-5H2.